The van der Waals surface area contributed by atoms with Gasteiger partial charge in [-0.2, -0.15) is 0 Å². The molecule has 5 nitrogen and oxygen atoms in total. The van der Waals surface area contributed by atoms with Crippen LogP contribution in [0.25, 0.3) is 0 Å². The second-order valence-electron chi connectivity index (χ2n) is 5.58. The molecule has 0 fully saturated rings. The van der Waals surface area contributed by atoms with E-state index in [9.17, 15) is 9.59 Å². The number of anilines is 1. The van der Waals surface area contributed by atoms with Crippen LogP contribution in [-0.4, -0.2) is 37.9 Å². The number of hydrogen-bond donors (Lipinski definition) is 1. The van der Waals surface area contributed by atoms with Crippen molar-refractivity contribution in [2.45, 2.75) is 12.8 Å². The topological polar surface area (TPSA) is 58.6 Å². The number of nitrogens with zero attached hydrogens (tertiary/aromatic N) is 1. The predicted octanol–water partition coefficient (Wildman–Crippen LogP) is 2.30. The van der Waals surface area contributed by atoms with E-state index in [-0.39, 0.29) is 23.7 Å². The molecule has 1 aromatic carbocycles. The summed E-state index contributed by atoms with van der Waals surface area (Å²) in [6.07, 6.45) is 5.11. The van der Waals surface area contributed by atoms with Crippen LogP contribution >= 0.6 is 0 Å². The molecule has 2 unspecified atom stereocenters. The minimum absolute atomic E-state index is 0.00970. The van der Waals surface area contributed by atoms with E-state index < -0.39 is 0 Å². The molecule has 0 spiro atoms. The maximum absolute atomic E-state index is 12.6. The van der Waals surface area contributed by atoms with Gasteiger partial charge in [0.05, 0.1) is 24.6 Å². The highest BCUT2D eigenvalue weighted by molar-refractivity contribution is 5.97. The first-order valence-corrected chi connectivity index (χ1v) is 7.34. The quantitative estimate of drug-likeness (QED) is 0.868. The van der Waals surface area contributed by atoms with E-state index >= 15 is 0 Å². The van der Waals surface area contributed by atoms with Gasteiger partial charge < -0.3 is 15.0 Å². The van der Waals surface area contributed by atoms with Crippen LogP contribution in [0.1, 0.15) is 12.8 Å². The van der Waals surface area contributed by atoms with Gasteiger partial charge in [0.25, 0.3) is 0 Å². The maximum Gasteiger partial charge on any atom is 0.228 e. The normalized spacial score (nSPS) is 20.3. The zero-order chi connectivity index (χ0) is 16.1. The second kappa shape index (κ2) is 7.11. The number of para-hydroxylation sites is 2. The molecule has 0 saturated carbocycles. The van der Waals surface area contributed by atoms with Gasteiger partial charge in [-0.3, -0.25) is 9.59 Å². The highest BCUT2D eigenvalue weighted by Gasteiger charge is 2.35. The third-order valence-corrected chi connectivity index (χ3v) is 3.89. The van der Waals surface area contributed by atoms with E-state index in [0.717, 1.165) is 0 Å². The molecule has 0 saturated heterocycles. The first-order chi connectivity index (χ1) is 10.5. The minimum atomic E-state index is -0.357. The van der Waals surface area contributed by atoms with Gasteiger partial charge in [0.2, 0.25) is 11.8 Å². The van der Waals surface area contributed by atoms with Crippen molar-refractivity contribution in [3.8, 4) is 5.75 Å². The van der Waals surface area contributed by atoms with E-state index in [1.54, 1.807) is 38.2 Å². The van der Waals surface area contributed by atoms with Crippen molar-refractivity contribution in [2.24, 2.45) is 11.8 Å². The van der Waals surface area contributed by atoms with Crippen molar-refractivity contribution in [3.05, 3.63) is 36.4 Å². The lowest BCUT2D eigenvalue weighted by Crippen LogP contribution is -2.40. The smallest absolute Gasteiger partial charge is 0.228 e. The Hall–Kier alpha value is -2.30. The Morgan fingerprint density at radius 3 is 2.41 bits per heavy atom. The summed E-state index contributed by atoms with van der Waals surface area (Å²) in [5.74, 6) is -0.212. The summed E-state index contributed by atoms with van der Waals surface area (Å²) in [6, 6.07) is 7.26. The summed E-state index contributed by atoms with van der Waals surface area (Å²) < 4.78 is 5.24. The van der Waals surface area contributed by atoms with Gasteiger partial charge in [0.15, 0.2) is 0 Å². The van der Waals surface area contributed by atoms with Gasteiger partial charge in [-0.1, -0.05) is 24.3 Å². The van der Waals surface area contributed by atoms with Crippen LogP contribution in [0.5, 0.6) is 5.75 Å². The largest absolute Gasteiger partial charge is 0.495 e. The molecule has 118 valence electrons. The average Bonchev–Trinajstić information content (AvgIpc) is 2.54. The van der Waals surface area contributed by atoms with Crippen molar-refractivity contribution in [1.82, 2.24) is 4.90 Å². The van der Waals surface area contributed by atoms with Gasteiger partial charge >= 0.3 is 0 Å². The molecule has 5 heteroatoms. The lowest BCUT2D eigenvalue weighted by molar-refractivity contribution is -0.138. The predicted molar refractivity (Wildman–Crippen MR) is 85.7 cm³/mol. The standard InChI is InChI=1S/C17H22N2O3/c1-19(2)17(21)13-9-5-4-8-12(13)16(20)18-14-10-6-7-11-15(14)22-3/h4-7,10-13H,8-9H2,1-3H3,(H,18,20). The van der Waals surface area contributed by atoms with E-state index in [4.69, 9.17) is 4.74 Å². The second-order valence-corrected chi connectivity index (χ2v) is 5.58. The molecular weight excluding hydrogens is 280 g/mol. The highest BCUT2D eigenvalue weighted by atomic mass is 16.5. The van der Waals surface area contributed by atoms with Crippen molar-refractivity contribution in [3.63, 3.8) is 0 Å². The van der Waals surface area contributed by atoms with Crippen molar-refractivity contribution in [1.29, 1.82) is 0 Å². The Morgan fingerprint density at radius 1 is 1.14 bits per heavy atom. The average molecular weight is 302 g/mol. The number of amides is 2. The van der Waals surface area contributed by atoms with Crippen LogP contribution in [0, 0.1) is 11.8 Å². The summed E-state index contributed by atoms with van der Waals surface area (Å²) in [7, 11) is 5.00. The zero-order valence-electron chi connectivity index (χ0n) is 13.2. The van der Waals surface area contributed by atoms with Gasteiger partial charge in [-0.15, -0.1) is 0 Å². The monoisotopic (exact) mass is 302 g/mol. The molecule has 0 radical (unpaired) electrons. The summed E-state index contributed by atoms with van der Waals surface area (Å²) >= 11 is 0. The Bertz CT molecular complexity index is 581. The first-order valence-electron chi connectivity index (χ1n) is 7.34. The molecule has 0 aliphatic heterocycles. The summed E-state index contributed by atoms with van der Waals surface area (Å²) in [5, 5.41) is 2.89. The number of methoxy groups -OCH3 is 1. The fraction of sp³-hybridized carbons (Fsp3) is 0.412. The Labute approximate surface area is 130 Å². The van der Waals surface area contributed by atoms with Crippen LogP contribution < -0.4 is 10.1 Å². The Kier molecular flexibility index (Phi) is 5.20. The van der Waals surface area contributed by atoms with Crippen LogP contribution in [0.2, 0.25) is 0 Å². The third-order valence-electron chi connectivity index (χ3n) is 3.89. The van der Waals surface area contributed by atoms with Crippen LogP contribution in [0.4, 0.5) is 5.69 Å². The van der Waals surface area contributed by atoms with Crippen molar-refractivity contribution in [2.75, 3.05) is 26.5 Å². The first kappa shape index (κ1) is 16.1. The van der Waals surface area contributed by atoms with E-state index in [0.29, 0.717) is 24.3 Å². The van der Waals surface area contributed by atoms with E-state index in [1.165, 1.54) is 0 Å². The number of benzene rings is 1. The molecular formula is C17H22N2O3. The number of rotatable bonds is 4. The number of allylic oxidation sites excluding steroid dienone is 2. The van der Waals surface area contributed by atoms with Crippen LogP contribution in [0.15, 0.2) is 36.4 Å². The number of carbonyl (C=O) groups is 2. The molecule has 1 aliphatic rings. The van der Waals surface area contributed by atoms with E-state index in [2.05, 4.69) is 5.32 Å². The van der Waals surface area contributed by atoms with Gasteiger partial charge in [-0.05, 0) is 25.0 Å². The summed E-state index contributed by atoms with van der Waals surface area (Å²) in [5.41, 5.74) is 0.626. The maximum atomic E-state index is 12.6. The molecule has 2 amide bonds. The van der Waals surface area contributed by atoms with Crippen molar-refractivity contribution >= 4 is 17.5 Å². The van der Waals surface area contributed by atoms with Gasteiger partial charge in [0.1, 0.15) is 5.75 Å². The molecule has 2 rings (SSSR count). The number of ether oxygens (including phenoxy) is 1. The SMILES string of the molecule is COc1ccccc1NC(=O)C1CC=CCC1C(=O)N(C)C. The lowest BCUT2D eigenvalue weighted by atomic mass is 9.81. The molecule has 2 atom stereocenters. The molecule has 0 bridgehead atoms. The number of nitrogens with one attached hydrogen (secondary N) is 1. The fourth-order valence-corrected chi connectivity index (χ4v) is 2.68. The molecule has 0 heterocycles. The number of hydrogen-bond acceptors (Lipinski definition) is 3. The summed E-state index contributed by atoms with van der Waals surface area (Å²) in [6.45, 7) is 0. The molecule has 22 heavy (non-hydrogen) atoms. The number of carbonyl (C=O) groups excluding carboxylic acids is 2. The molecule has 1 aliphatic carbocycles. The van der Waals surface area contributed by atoms with E-state index in [1.807, 2.05) is 24.3 Å². The lowest BCUT2D eigenvalue weighted by Gasteiger charge is -2.29. The molecule has 1 aromatic rings. The molecule has 0 aromatic heterocycles. The third kappa shape index (κ3) is 3.47. The Balaban J connectivity index is 2.16. The van der Waals surface area contributed by atoms with Gasteiger partial charge in [-0.25, -0.2) is 0 Å². The zero-order valence-corrected chi connectivity index (χ0v) is 13.2. The van der Waals surface area contributed by atoms with Gasteiger partial charge in [0, 0.05) is 14.1 Å². The van der Waals surface area contributed by atoms with Crippen molar-refractivity contribution < 1.29 is 14.3 Å². The fourth-order valence-electron chi connectivity index (χ4n) is 2.68. The van der Waals surface area contributed by atoms with Crippen LogP contribution in [-0.2, 0) is 9.59 Å². The van der Waals surface area contributed by atoms with Crippen LogP contribution in [0.3, 0.4) is 0 Å². The summed E-state index contributed by atoms with van der Waals surface area (Å²) in [4.78, 5) is 26.4. The highest BCUT2D eigenvalue weighted by Crippen LogP contribution is 2.30. The Morgan fingerprint density at radius 2 is 1.77 bits per heavy atom. The molecule has 1 N–H and O–H groups in total. The minimum Gasteiger partial charge on any atom is -0.495 e.